The van der Waals surface area contributed by atoms with E-state index >= 15 is 8.78 Å². The Kier molecular flexibility index (Phi) is 6.69. The number of pyridine rings is 1. The fourth-order valence-electron chi connectivity index (χ4n) is 4.95. The van der Waals surface area contributed by atoms with E-state index in [1.165, 1.54) is 12.3 Å². The first kappa shape index (κ1) is 26.1. The van der Waals surface area contributed by atoms with Gasteiger partial charge in [0.2, 0.25) is 0 Å². The molecule has 1 aliphatic rings. The van der Waals surface area contributed by atoms with E-state index in [4.69, 9.17) is 28.2 Å². The minimum absolute atomic E-state index is 0.0556. The lowest BCUT2D eigenvalue weighted by atomic mass is 9.99. The summed E-state index contributed by atoms with van der Waals surface area (Å²) in [6.07, 6.45) is 1.85. The van der Waals surface area contributed by atoms with Gasteiger partial charge in [0.25, 0.3) is 5.91 Å². The van der Waals surface area contributed by atoms with E-state index in [9.17, 15) is 9.59 Å². The fourth-order valence-corrected chi connectivity index (χ4v) is 5.11. The first-order valence-corrected chi connectivity index (χ1v) is 12.4. The number of benzene rings is 2. The smallest absolute Gasteiger partial charge is 0.316 e. The standard InChI is InChI=1S/C27H24ClF2N7O2/c1-13-4-3-5-14(2)23(13)37-24(16-9-20(30)22(10-19(16)29)34-27(32)39)18-12-36(7-6-21(18)35-37)26-17(25(31)38)8-15(28)11-33-26/h3-5,8-11H,6-7,12H2,1-2H3,(H2,31,38)(H3,32,34,39). The second-order valence-corrected chi connectivity index (χ2v) is 9.72. The predicted molar refractivity (Wildman–Crippen MR) is 144 cm³/mol. The molecule has 2 aromatic heterocycles. The number of halogens is 3. The number of para-hydroxylation sites is 1. The number of aromatic nitrogens is 3. The molecule has 3 heterocycles. The number of rotatable bonds is 5. The number of urea groups is 1. The summed E-state index contributed by atoms with van der Waals surface area (Å²) in [6, 6.07) is 8.05. The Morgan fingerprint density at radius 1 is 1.08 bits per heavy atom. The van der Waals surface area contributed by atoms with Crippen LogP contribution < -0.4 is 21.7 Å². The number of nitrogens with one attached hydrogen (secondary N) is 1. The van der Waals surface area contributed by atoms with Crippen molar-refractivity contribution in [2.45, 2.75) is 26.8 Å². The lowest BCUT2D eigenvalue weighted by molar-refractivity contribution is 0.100. The maximum Gasteiger partial charge on any atom is 0.316 e. The van der Waals surface area contributed by atoms with Crippen LogP contribution in [0.25, 0.3) is 16.9 Å². The molecule has 0 aliphatic carbocycles. The fraction of sp³-hybridized carbons (Fsp3) is 0.185. The predicted octanol–water partition coefficient (Wildman–Crippen LogP) is 4.63. The molecule has 0 saturated heterocycles. The Bertz CT molecular complexity index is 1630. The molecule has 0 saturated carbocycles. The number of primary amides is 2. The molecule has 5 N–H and O–H groups in total. The van der Waals surface area contributed by atoms with Gasteiger partial charge in [-0.2, -0.15) is 5.10 Å². The van der Waals surface area contributed by atoms with Crippen LogP contribution in [0.5, 0.6) is 0 Å². The number of carbonyl (C=O) groups excluding carboxylic acids is 2. The maximum absolute atomic E-state index is 15.6. The topological polar surface area (TPSA) is 132 Å². The number of amides is 3. The van der Waals surface area contributed by atoms with Crippen molar-refractivity contribution in [3.05, 3.63) is 87.2 Å². The van der Waals surface area contributed by atoms with E-state index in [-0.39, 0.29) is 28.4 Å². The van der Waals surface area contributed by atoms with Crippen molar-refractivity contribution in [1.82, 2.24) is 14.8 Å². The Labute approximate surface area is 227 Å². The lowest BCUT2D eigenvalue weighted by Gasteiger charge is -2.29. The van der Waals surface area contributed by atoms with Crippen LogP contribution in [0.1, 0.15) is 32.7 Å². The van der Waals surface area contributed by atoms with Gasteiger partial charge in [-0.15, -0.1) is 0 Å². The van der Waals surface area contributed by atoms with Crippen molar-refractivity contribution in [2.75, 3.05) is 16.8 Å². The summed E-state index contributed by atoms with van der Waals surface area (Å²) in [7, 11) is 0. The zero-order valence-electron chi connectivity index (χ0n) is 21.1. The Hall–Kier alpha value is -4.51. The van der Waals surface area contributed by atoms with Crippen LogP contribution in [0.15, 0.2) is 42.6 Å². The third kappa shape index (κ3) is 4.76. The van der Waals surface area contributed by atoms with Crippen molar-refractivity contribution in [3.63, 3.8) is 0 Å². The second kappa shape index (κ2) is 9.99. The van der Waals surface area contributed by atoms with Gasteiger partial charge in [-0.25, -0.2) is 23.2 Å². The SMILES string of the molecule is Cc1cccc(C)c1-n1nc2c(c1-c1cc(F)c(NC(N)=O)cc1F)CN(c1ncc(Cl)cc1C(N)=O)CC2. The third-order valence-electron chi connectivity index (χ3n) is 6.65. The molecule has 2 aromatic carbocycles. The summed E-state index contributed by atoms with van der Waals surface area (Å²) in [4.78, 5) is 29.6. The van der Waals surface area contributed by atoms with E-state index in [2.05, 4.69) is 10.3 Å². The number of nitrogens with zero attached hydrogens (tertiary/aromatic N) is 4. The van der Waals surface area contributed by atoms with Crippen LogP contribution in [0.4, 0.5) is 25.1 Å². The Balaban J connectivity index is 1.72. The van der Waals surface area contributed by atoms with Crippen LogP contribution >= 0.6 is 11.6 Å². The Morgan fingerprint density at radius 3 is 2.46 bits per heavy atom. The molecule has 9 nitrogen and oxygen atoms in total. The van der Waals surface area contributed by atoms with Gasteiger partial charge in [0.15, 0.2) is 0 Å². The largest absolute Gasteiger partial charge is 0.365 e. The maximum atomic E-state index is 15.6. The van der Waals surface area contributed by atoms with Gasteiger partial charge in [0, 0.05) is 42.9 Å². The molecule has 1 aliphatic heterocycles. The molecule has 0 atom stereocenters. The minimum atomic E-state index is -1.02. The quantitative estimate of drug-likeness (QED) is 0.332. The highest BCUT2D eigenvalue weighted by molar-refractivity contribution is 6.31. The van der Waals surface area contributed by atoms with Gasteiger partial charge < -0.3 is 21.7 Å². The summed E-state index contributed by atoms with van der Waals surface area (Å²) in [5.41, 5.74) is 14.6. The van der Waals surface area contributed by atoms with E-state index < -0.39 is 23.6 Å². The molecule has 0 fully saturated rings. The number of carbonyl (C=O) groups is 2. The van der Waals surface area contributed by atoms with Crippen molar-refractivity contribution in [1.29, 1.82) is 0 Å². The first-order chi connectivity index (χ1) is 18.5. The number of aryl methyl sites for hydroxylation is 2. The highest BCUT2D eigenvalue weighted by atomic mass is 35.5. The summed E-state index contributed by atoms with van der Waals surface area (Å²) in [6.45, 7) is 4.45. The van der Waals surface area contributed by atoms with E-state index in [0.717, 1.165) is 28.9 Å². The monoisotopic (exact) mass is 551 g/mol. The Morgan fingerprint density at radius 2 is 1.79 bits per heavy atom. The number of anilines is 2. The van der Waals surface area contributed by atoms with Crippen molar-refractivity contribution in [2.24, 2.45) is 11.5 Å². The van der Waals surface area contributed by atoms with Gasteiger partial charge in [0.1, 0.15) is 17.5 Å². The molecular formula is C27H24ClF2N7O2. The first-order valence-electron chi connectivity index (χ1n) is 12.0. The molecule has 3 amide bonds. The van der Waals surface area contributed by atoms with Crippen LogP contribution in [0, 0.1) is 25.5 Å². The van der Waals surface area contributed by atoms with Gasteiger partial charge in [0.05, 0.1) is 33.3 Å². The normalized spacial score (nSPS) is 12.8. The zero-order chi connectivity index (χ0) is 28.0. The van der Waals surface area contributed by atoms with Crippen LogP contribution in [0.3, 0.4) is 0 Å². The average Bonchev–Trinajstić information content (AvgIpc) is 3.23. The molecule has 39 heavy (non-hydrogen) atoms. The summed E-state index contributed by atoms with van der Waals surface area (Å²) >= 11 is 6.05. The van der Waals surface area contributed by atoms with Gasteiger partial charge in [-0.05, 0) is 37.1 Å². The summed E-state index contributed by atoms with van der Waals surface area (Å²) in [5.74, 6) is -2.01. The molecule has 0 radical (unpaired) electrons. The highest BCUT2D eigenvalue weighted by Gasteiger charge is 2.31. The highest BCUT2D eigenvalue weighted by Crippen LogP contribution is 2.38. The number of hydrogen-bond donors (Lipinski definition) is 3. The molecule has 200 valence electrons. The summed E-state index contributed by atoms with van der Waals surface area (Å²) < 4.78 is 32.3. The van der Waals surface area contributed by atoms with E-state index in [0.29, 0.717) is 35.7 Å². The average molecular weight is 552 g/mol. The molecule has 0 bridgehead atoms. The molecule has 12 heteroatoms. The molecule has 4 aromatic rings. The molecule has 0 unspecified atom stereocenters. The lowest BCUT2D eigenvalue weighted by Crippen LogP contribution is -2.33. The molecule has 0 spiro atoms. The number of hydrogen-bond acceptors (Lipinski definition) is 5. The van der Waals surface area contributed by atoms with Crippen molar-refractivity contribution in [3.8, 4) is 16.9 Å². The van der Waals surface area contributed by atoms with Crippen LogP contribution in [-0.2, 0) is 13.0 Å². The van der Waals surface area contributed by atoms with E-state index in [1.54, 1.807) is 4.68 Å². The molecule has 5 rings (SSSR count). The van der Waals surface area contributed by atoms with Gasteiger partial charge in [-0.3, -0.25) is 4.79 Å². The van der Waals surface area contributed by atoms with Crippen molar-refractivity contribution < 1.29 is 18.4 Å². The van der Waals surface area contributed by atoms with Crippen LogP contribution in [-0.4, -0.2) is 33.2 Å². The molecular weight excluding hydrogens is 528 g/mol. The van der Waals surface area contributed by atoms with Crippen molar-refractivity contribution >= 4 is 35.0 Å². The number of fused-ring (bicyclic) bond motifs is 1. The zero-order valence-corrected chi connectivity index (χ0v) is 21.8. The third-order valence-corrected chi connectivity index (χ3v) is 6.86. The summed E-state index contributed by atoms with van der Waals surface area (Å²) in [5, 5.41) is 7.19. The van der Waals surface area contributed by atoms with Gasteiger partial charge >= 0.3 is 6.03 Å². The second-order valence-electron chi connectivity index (χ2n) is 9.29. The van der Waals surface area contributed by atoms with Gasteiger partial charge in [-0.1, -0.05) is 29.8 Å². The van der Waals surface area contributed by atoms with Crippen LogP contribution in [0.2, 0.25) is 5.02 Å². The minimum Gasteiger partial charge on any atom is -0.365 e. The van der Waals surface area contributed by atoms with E-state index in [1.807, 2.05) is 36.9 Å². The number of nitrogens with two attached hydrogens (primary N) is 2.